The van der Waals surface area contributed by atoms with Gasteiger partial charge in [0.15, 0.2) is 11.6 Å². The molecule has 17 heavy (non-hydrogen) atoms. The molecule has 0 amide bonds. The van der Waals surface area contributed by atoms with E-state index in [2.05, 4.69) is 9.97 Å². The lowest BCUT2D eigenvalue weighted by atomic mass is 9.99. The summed E-state index contributed by atoms with van der Waals surface area (Å²) in [6, 6.07) is 0.192. The van der Waals surface area contributed by atoms with Gasteiger partial charge >= 0.3 is 0 Å². The van der Waals surface area contributed by atoms with Crippen LogP contribution in [0.5, 0.6) is 0 Å². The van der Waals surface area contributed by atoms with E-state index in [-0.39, 0.29) is 18.5 Å². The summed E-state index contributed by atoms with van der Waals surface area (Å²) in [7, 11) is 0. The zero-order chi connectivity index (χ0) is 12.3. The zero-order valence-electron chi connectivity index (χ0n) is 10.1. The van der Waals surface area contributed by atoms with E-state index in [0.29, 0.717) is 17.9 Å². The maximum atomic E-state index is 14.0. The van der Waals surface area contributed by atoms with E-state index in [0.717, 1.165) is 25.8 Å². The van der Waals surface area contributed by atoms with Crippen molar-refractivity contribution in [3.63, 3.8) is 0 Å². The molecular weight excluding hydrogens is 221 g/mol. The van der Waals surface area contributed by atoms with E-state index in [1.807, 2.05) is 4.90 Å². The molecular formula is C12H18FN3O. The number of hydrogen-bond acceptors (Lipinski definition) is 4. The summed E-state index contributed by atoms with van der Waals surface area (Å²) in [6.07, 6.45) is 5.24. The molecule has 0 spiro atoms. The Hall–Kier alpha value is -1.23. The van der Waals surface area contributed by atoms with Gasteiger partial charge in [-0.3, -0.25) is 0 Å². The van der Waals surface area contributed by atoms with Gasteiger partial charge < -0.3 is 10.0 Å². The molecule has 94 valence electrons. The summed E-state index contributed by atoms with van der Waals surface area (Å²) in [6.45, 7) is 2.58. The lowest BCUT2D eigenvalue weighted by molar-refractivity contribution is 0.261. The molecule has 1 N–H and O–H groups in total. The second-order valence-electron chi connectivity index (χ2n) is 4.45. The fourth-order valence-electron chi connectivity index (χ4n) is 2.37. The molecule has 0 aromatic carbocycles. The highest BCUT2D eigenvalue weighted by atomic mass is 19.1. The molecule has 1 aliphatic heterocycles. The van der Waals surface area contributed by atoms with Crippen LogP contribution in [0.15, 0.2) is 6.33 Å². The van der Waals surface area contributed by atoms with E-state index in [1.54, 1.807) is 6.92 Å². The predicted octanol–water partition coefficient (Wildman–Crippen LogP) is 1.67. The van der Waals surface area contributed by atoms with Gasteiger partial charge in [-0.25, -0.2) is 14.4 Å². The van der Waals surface area contributed by atoms with Crippen LogP contribution in [-0.4, -0.2) is 34.3 Å². The third-order valence-corrected chi connectivity index (χ3v) is 3.31. The van der Waals surface area contributed by atoms with Gasteiger partial charge in [0.2, 0.25) is 0 Å². The summed E-state index contributed by atoms with van der Waals surface area (Å²) in [4.78, 5) is 9.87. The monoisotopic (exact) mass is 239 g/mol. The van der Waals surface area contributed by atoms with Crippen LogP contribution in [0.2, 0.25) is 0 Å². The largest absolute Gasteiger partial charge is 0.396 e. The van der Waals surface area contributed by atoms with Gasteiger partial charge in [0.1, 0.15) is 6.33 Å². The first-order valence-electron chi connectivity index (χ1n) is 6.08. The Balaban J connectivity index is 2.26. The number of hydrogen-bond donors (Lipinski definition) is 1. The lowest BCUT2D eigenvalue weighted by Crippen LogP contribution is -2.41. The van der Waals surface area contributed by atoms with Crippen molar-refractivity contribution >= 4 is 5.82 Å². The van der Waals surface area contributed by atoms with Crippen LogP contribution in [-0.2, 0) is 0 Å². The number of piperidine rings is 1. The molecule has 1 unspecified atom stereocenters. The molecule has 1 atom stereocenters. The van der Waals surface area contributed by atoms with Gasteiger partial charge in [-0.15, -0.1) is 0 Å². The van der Waals surface area contributed by atoms with Crippen LogP contribution in [0.25, 0.3) is 0 Å². The Kier molecular flexibility index (Phi) is 3.89. The minimum Gasteiger partial charge on any atom is -0.396 e. The van der Waals surface area contributed by atoms with Crippen molar-refractivity contribution in [3.8, 4) is 0 Å². The molecule has 1 saturated heterocycles. The number of nitrogens with zero attached hydrogens (tertiary/aromatic N) is 3. The van der Waals surface area contributed by atoms with E-state index in [4.69, 9.17) is 5.11 Å². The lowest BCUT2D eigenvalue weighted by Gasteiger charge is -2.36. The Morgan fingerprint density at radius 1 is 1.47 bits per heavy atom. The van der Waals surface area contributed by atoms with Gasteiger partial charge in [-0.1, -0.05) is 0 Å². The highest BCUT2D eigenvalue weighted by molar-refractivity contribution is 5.42. The molecule has 2 rings (SSSR count). The van der Waals surface area contributed by atoms with Crippen molar-refractivity contribution in [2.24, 2.45) is 0 Å². The first kappa shape index (κ1) is 12.2. The average Bonchev–Trinajstić information content (AvgIpc) is 2.34. The van der Waals surface area contributed by atoms with Gasteiger partial charge in [-0.2, -0.15) is 0 Å². The van der Waals surface area contributed by atoms with E-state index in [9.17, 15) is 4.39 Å². The molecule has 1 aromatic heterocycles. The SMILES string of the molecule is Cc1ncnc(N2CCCCC2CCO)c1F. The van der Waals surface area contributed by atoms with Gasteiger partial charge in [-0.05, 0) is 32.6 Å². The summed E-state index contributed by atoms with van der Waals surface area (Å²) in [5, 5.41) is 9.05. The second-order valence-corrected chi connectivity index (χ2v) is 4.45. The third kappa shape index (κ3) is 2.54. The van der Waals surface area contributed by atoms with Crippen LogP contribution in [0.1, 0.15) is 31.4 Å². The summed E-state index contributed by atoms with van der Waals surface area (Å²) in [5.74, 6) is 0.0491. The summed E-state index contributed by atoms with van der Waals surface area (Å²) in [5.41, 5.74) is 0.378. The highest BCUT2D eigenvalue weighted by Gasteiger charge is 2.26. The summed E-state index contributed by atoms with van der Waals surface area (Å²) < 4.78 is 14.0. The Morgan fingerprint density at radius 3 is 3.06 bits per heavy atom. The minimum absolute atomic E-state index is 0.132. The molecule has 0 bridgehead atoms. The maximum Gasteiger partial charge on any atom is 0.186 e. The van der Waals surface area contributed by atoms with Crippen molar-refractivity contribution in [2.45, 2.75) is 38.6 Å². The van der Waals surface area contributed by atoms with Crippen LogP contribution < -0.4 is 4.90 Å². The topological polar surface area (TPSA) is 49.2 Å². The minimum atomic E-state index is -0.336. The number of rotatable bonds is 3. The predicted molar refractivity (Wildman–Crippen MR) is 63.4 cm³/mol. The molecule has 0 saturated carbocycles. The molecule has 0 aliphatic carbocycles. The van der Waals surface area contributed by atoms with Crippen molar-refractivity contribution in [3.05, 3.63) is 17.8 Å². The standard InChI is InChI=1S/C12H18FN3O/c1-9-11(13)12(15-8-14-9)16-6-3-2-4-10(16)5-7-17/h8,10,17H,2-7H2,1H3. The Bertz CT molecular complexity index is 384. The normalized spacial score (nSPS) is 20.6. The first-order chi connectivity index (χ1) is 8.24. The van der Waals surface area contributed by atoms with Crippen LogP contribution in [0.3, 0.4) is 0 Å². The maximum absolute atomic E-state index is 14.0. The molecule has 0 radical (unpaired) electrons. The van der Waals surface area contributed by atoms with Gasteiger partial charge in [0.25, 0.3) is 0 Å². The molecule has 1 fully saturated rings. The molecule has 1 aromatic rings. The fourth-order valence-corrected chi connectivity index (χ4v) is 2.37. The number of aromatic nitrogens is 2. The third-order valence-electron chi connectivity index (χ3n) is 3.31. The van der Waals surface area contributed by atoms with Crippen molar-refractivity contribution < 1.29 is 9.50 Å². The van der Waals surface area contributed by atoms with E-state index in [1.165, 1.54) is 6.33 Å². The average molecular weight is 239 g/mol. The number of aliphatic hydroxyl groups is 1. The number of aryl methyl sites for hydroxylation is 1. The molecule has 2 heterocycles. The van der Waals surface area contributed by atoms with Crippen LogP contribution in [0.4, 0.5) is 10.2 Å². The molecule has 1 aliphatic rings. The smallest absolute Gasteiger partial charge is 0.186 e. The molecule has 5 heteroatoms. The van der Waals surface area contributed by atoms with E-state index >= 15 is 0 Å². The van der Waals surface area contributed by atoms with Crippen molar-refractivity contribution in [1.82, 2.24) is 9.97 Å². The quantitative estimate of drug-likeness (QED) is 0.871. The van der Waals surface area contributed by atoms with Crippen LogP contribution >= 0.6 is 0 Å². The van der Waals surface area contributed by atoms with Gasteiger partial charge in [0, 0.05) is 19.2 Å². The number of anilines is 1. The molecule has 4 nitrogen and oxygen atoms in total. The number of aliphatic hydroxyl groups excluding tert-OH is 1. The second kappa shape index (κ2) is 5.40. The van der Waals surface area contributed by atoms with Crippen molar-refractivity contribution in [2.75, 3.05) is 18.1 Å². The Labute approximate surface area is 101 Å². The first-order valence-corrected chi connectivity index (χ1v) is 6.08. The summed E-state index contributed by atoms with van der Waals surface area (Å²) >= 11 is 0. The number of halogens is 1. The van der Waals surface area contributed by atoms with Gasteiger partial charge in [0.05, 0.1) is 5.69 Å². The highest BCUT2D eigenvalue weighted by Crippen LogP contribution is 2.27. The van der Waals surface area contributed by atoms with Crippen molar-refractivity contribution in [1.29, 1.82) is 0 Å². The van der Waals surface area contributed by atoms with Crippen LogP contribution in [0, 0.1) is 12.7 Å². The van der Waals surface area contributed by atoms with E-state index < -0.39 is 0 Å². The fraction of sp³-hybridized carbons (Fsp3) is 0.667. The zero-order valence-corrected chi connectivity index (χ0v) is 10.1. The Morgan fingerprint density at radius 2 is 2.29 bits per heavy atom.